The number of nitrogens with one attached hydrogen (secondary N) is 1. The maximum atomic E-state index is 11.9. The third-order valence-electron chi connectivity index (χ3n) is 3.44. The molecule has 0 aliphatic heterocycles. The highest BCUT2D eigenvalue weighted by Crippen LogP contribution is 2.16. The lowest BCUT2D eigenvalue weighted by molar-refractivity contribution is -0.121. The summed E-state index contributed by atoms with van der Waals surface area (Å²) in [6.07, 6.45) is 0. The van der Waals surface area contributed by atoms with Crippen LogP contribution in [-0.4, -0.2) is 38.4 Å². The molecule has 0 spiro atoms. The smallest absolute Gasteiger partial charge is 0.243 e. The van der Waals surface area contributed by atoms with E-state index in [0.717, 1.165) is 17.1 Å². The van der Waals surface area contributed by atoms with Crippen LogP contribution < -0.4 is 5.32 Å². The van der Waals surface area contributed by atoms with Crippen LogP contribution in [0.25, 0.3) is 11.4 Å². The summed E-state index contributed by atoms with van der Waals surface area (Å²) in [4.78, 5) is 14.6. The molecule has 2 heterocycles. The SMILES string of the molecule is Cc1ccc(-c2nnn(CC(=O)NCCSCc3cccs3)n2)cc1. The van der Waals surface area contributed by atoms with E-state index in [9.17, 15) is 4.79 Å². The summed E-state index contributed by atoms with van der Waals surface area (Å²) in [5, 5.41) is 17.2. The van der Waals surface area contributed by atoms with Gasteiger partial charge < -0.3 is 5.32 Å². The van der Waals surface area contributed by atoms with E-state index in [4.69, 9.17) is 0 Å². The molecule has 8 heteroatoms. The lowest BCUT2D eigenvalue weighted by atomic mass is 10.1. The summed E-state index contributed by atoms with van der Waals surface area (Å²) in [5.74, 6) is 2.28. The third-order valence-corrected chi connectivity index (χ3v) is 5.51. The fourth-order valence-corrected chi connectivity index (χ4v) is 3.84. The monoisotopic (exact) mass is 373 g/mol. The van der Waals surface area contributed by atoms with Gasteiger partial charge >= 0.3 is 0 Å². The summed E-state index contributed by atoms with van der Waals surface area (Å²) in [6, 6.07) is 12.1. The van der Waals surface area contributed by atoms with Crippen LogP contribution in [-0.2, 0) is 17.1 Å². The highest BCUT2D eigenvalue weighted by atomic mass is 32.2. The van der Waals surface area contributed by atoms with Crippen LogP contribution in [0.1, 0.15) is 10.4 Å². The minimum absolute atomic E-state index is 0.0778. The molecular weight excluding hydrogens is 354 g/mol. The lowest BCUT2D eigenvalue weighted by Gasteiger charge is -2.04. The van der Waals surface area contributed by atoms with Crippen LogP contribution in [0.4, 0.5) is 0 Å². The first-order chi connectivity index (χ1) is 12.2. The zero-order valence-electron chi connectivity index (χ0n) is 13.9. The number of tetrazole rings is 1. The Bertz CT molecular complexity index is 799. The molecular formula is C17H19N5OS2. The number of carbonyl (C=O) groups is 1. The number of hydrogen-bond acceptors (Lipinski definition) is 6. The summed E-state index contributed by atoms with van der Waals surface area (Å²) in [6.45, 7) is 2.74. The minimum atomic E-state index is -0.107. The number of rotatable bonds is 8. The molecule has 1 amide bonds. The molecule has 1 aromatic carbocycles. The van der Waals surface area contributed by atoms with Gasteiger partial charge in [-0.25, -0.2) is 0 Å². The second-order valence-corrected chi connectivity index (χ2v) is 7.63. The molecule has 0 saturated carbocycles. The summed E-state index contributed by atoms with van der Waals surface area (Å²) in [5.41, 5.74) is 2.06. The Balaban J connectivity index is 1.40. The summed E-state index contributed by atoms with van der Waals surface area (Å²) in [7, 11) is 0. The van der Waals surface area contributed by atoms with Gasteiger partial charge in [-0.05, 0) is 23.6 Å². The topological polar surface area (TPSA) is 72.7 Å². The first-order valence-electron chi connectivity index (χ1n) is 7.92. The zero-order valence-corrected chi connectivity index (χ0v) is 15.5. The van der Waals surface area contributed by atoms with Gasteiger partial charge in [-0.2, -0.15) is 16.6 Å². The average molecular weight is 374 g/mol. The normalized spacial score (nSPS) is 10.8. The van der Waals surface area contributed by atoms with Gasteiger partial charge in [0.1, 0.15) is 6.54 Å². The fourth-order valence-electron chi connectivity index (χ4n) is 2.14. The van der Waals surface area contributed by atoms with Crippen LogP contribution >= 0.6 is 23.1 Å². The number of aromatic nitrogens is 4. The van der Waals surface area contributed by atoms with E-state index in [-0.39, 0.29) is 12.5 Å². The van der Waals surface area contributed by atoms with Crippen molar-refractivity contribution >= 4 is 29.0 Å². The van der Waals surface area contributed by atoms with Crippen LogP contribution in [0.2, 0.25) is 0 Å². The third kappa shape index (κ3) is 5.40. The van der Waals surface area contributed by atoms with Crippen LogP contribution in [0.15, 0.2) is 41.8 Å². The van der Waals surface area contributed by atoms with Gasteiger partial charge in [-0.15, -0.1) is 21.5 Å². The molecule has 0 atom stereocenters. The van der Waals surface area contributed by atoms with Crippen molar-refractivity contribution in [1.29, 1.82) is 0 Å². The molecule has 0 unspecified atom stereocenters. The molecule has 1 N–H and O–H groups in total. The Morgan fingerprint density at radius 3 is 2.88 bits per heavy atom. The first-order valence-corrected chi connectivity index (χ1v) is 9.96. The second-order valence-electron chi connectivity index (χ2n) is 5.49. The molecule has 0 aliphatic carbocycles. The predicted octanol–water partition coefficient (Wildman–Crippen LogP) is 2.76. The Morgan fingerprint density at radius 1 is 1.28 bits per heavy atom. The van der Waals surface area contributed by atoms with Crippen molar-refractivity contribution in [2.75, 3.05) is 12.3 Å². The highest BCUT2D eigenvalue weighted by Gasteiger charge is 2.09. The Hall–Kier alpha value is -2.19. The maximum Gasteiger partial charge on any atom is 0.243 e. The van der Waals surface area contributed by atoms with Crippen molar-refractivity contribution < 1.29 is 4.79 Å². The van der Waals surface area contributed by atoms with E-state index in [2.05, 4.69) is 38.2 Å². The largest absolute Gasteiger partial charge is 0.354 e. The van der Waals surface area contributed by atoms with Gasteiger partial charge in [0.25, 0.3) is 0 Å². The quantitative estimate of drug-likeness (QED) is 0.615. The number of thioether (sulfide) groups is 1. The standard InChI is InChI=1S/C17H19N5OS2/c1-13-4-6-14(7-5-13)17-19-21-22(20-17)11-16(23)18-8-10-24-12-15-3-2-9-25-15/h2-7,9H,8,10-12H2,1H3,(H,18,23). The van der Waals surface area contributed by atoms with E-state index in [1.54, 1.807) is 11.3 Å². The summed E-state index contributed by atoms with van der Waals surface area (Å²) >= 11 is 3.56. The van der Waals surface area contributed by atoms with E-state index in [0.29, 0.717) is 12.4 Å². The molecule has 0 aliphatic rings. The molecule has 25 heavy (non-hydrogen) atoms. The molecule has 0 saturated heterocycles. The molecule has 0 radical (unpaired) electrons. The lowest BCUT2D eigenvalue weighted by Crippen LogP contribution is -2.30. The number of aryl methyl sites for hydroxylation is 1. The number of amides is 1. The molecule has 2 aromatic heterocycles. The molecule has 130 valence electrons. The summed E-state index contributed by atoms with van der Waals surface area (Å²) < 4.78 is 0. The molecule has 6 nitrogen and oxygen atoms in total. The van der Waals surface area contributed by atoms with Crippen molar-refractivity contribution in [2.24, 2.45) is 0 Å². The van der Waals surface area contributed by atoms with Gasteiger partial charge in [0.05, 0.1) is 0 Å². The first kappa shape index (κ1) is 17.6. The second kappa shape index (κ2) is 8.77. The Kier molecular flexibility index (Phi) is 6.19. The molecule has 3 aromatic rings. The molecule has 0 fully saturated rings. The number of carbonyl (C=O) groups excluding carboxylic acids is 1. The van der Waals surface area contributed by atoms with Crippen molar-refractivity contribution in [3.05, 3.63) is 52.2 Å². The van der Waals surface area contributed by atoms with E-state index < -0.39 is 0 Å². The van der Waals surface area contributed by atoms with Crippen LogP contribution in [0, 0.1) is 6.92 Å². The van der Waals surface area contributed by atoms with Gasteiger partial charge in [0, 0.05) is 28.5 Å². The van der Waals surface area contributed by atoms with Gasteiger partial charge in [-0.3, -0.25) is 4.79 Å². The number of thiophene rings is 1. The number of benzene rings is 1. The van der Waals surface area contributed by atoms with Gasteiger partial charge in [-0.1, -0.05) is 35.9 Å². The predicted molar refractivity (Wildman–Crippen MR) is 101 cm³/mol. The zero-order chi connectivity index (χ0) is 17.5. The fraction of sp³-hybridized carbons (Fsp3) is 0.294. The van der Waals surface area contributed by atoms with E-state index >= 15 is 0 Å². The van der Waals surface area contributed by atoms with Crippen molar-refractivity contribution in [2.45, 2.75) is 19.2 Å². The molecule has 0 bridgehead atoms. The maximum absolute atomic E-state index is 11.9. The van der Waals surface area contributed by atoms with Crippen LogP contribution in [0.3, 0.4) is 0 Å². The average Bonchev–Trinajstić information content (AvgIpc) is 3.27. The number of hydrogen-bond donors (Lipinski definition) is 1. The van der Waals surface area contributed by atoms with E-state index in [1.165, 1.54) is 15.2 Å². The van der Waals surface area contributed by atoms with Crippen molar-refractivity contribution in [1.82, 2.24) is 25.5 Å². The van der Waals surface area contributed by atoms with Gasteiger partial charge in [0.15, 0.2) is 0 Å². The Morgan fingerprint density at radius 2 is 2.12 bits per heavy atom. The molecule has 3 rings (SSSR count). The van der Waals surface area contributed by atoms with Crippen molar-refractivity contribution in [3.63, 3.8) is 0 Å². The minimum Gasteiger partial charge on any atom is -0.354 e. The number of nitrogens with zero attached hydrogens (tertiary/aromatic N) is 4. The van der Waals surface area contributed by atoms with Gasteiger partial charge in [0.2, 0.25) is 11.7 Å². The Labute approximate surface area is 154 Å². The van der Waals surface area contributed by atoms with Crippen molar-refractivity contribution in [3.8, 4) is 11.4 Å². The van der Waals surface area contributed by atoms with Crippen LogP contribution in [0.5, 0.6) is 0 Å². The van der Waals surface area contributed by atoms with E-state index in [1.807, 2.05) is 43.0 Å². The highest BCUT2D eigenvalue weighted by molar-refractivity contribution is 7.98.